The van der Waals surface area contributed by atoms with Crippen molar-refractivity contribution >= 4 is 65.7 Å². The van der Waals surface area contributed by atoms with E-state index in [0.29, 0.717) is 17.6 Å². The normalized spacial score (nSPS) is 11.9. The van der Waals surface area contributed by atoms with Gasteiger partial charge in [0.05, 0.1) is 11.0 Å². The van der Waals surface area contributed by atoms with Gasteiger partial charge in [-0.05, 0) is 59.2 Å². The van der Waals surface area contributed by atoms with Crippen LogP contribution in [0.15, 0.2) is 191 Å². The molecule has 0 radical (unpaired) electrons. The summed E-state index contributed by atoms with van der Waals surface area (Å²) in [5.74, 6) is 1.79. The summed E-state index contributed by atoms with van der Waals surface area (Å²) in [5.41, 5.74) is 11.7. The highest BCUT2D eigenvalue weighted by Crippen LogP contribution is 2.39. The average molecular weight is 731 g/mol. The summed E-state index contributed by atoms with van der Waals surface area (Å²) in [6.45, 7) is 0. The van der Waals surface area contributed by atoms with Gasteiger partial charge in [-0.2, -0.15) is 9.97 Å². The first kappa shape index (κ1) is 31.5. The van der Waals surface area contributed by atoms with Crippen molar-refractivity contribution in [2.24, 2.45) is 0 Å². The predicted octanol–water partition coefficient (Wildman–Crippen LogP) is 13.4. The smallest absolute Gasteiger partial charge is 0.238 e. The molecule has 0 aliphatic rings. The summed E-state index contributed by atoms with van der Waals surface area (Å²) in [5, 5.41) is 6.69. The van der Waals surface area contributed by atoms with E-state index in [4.69, 9.17) is 23.8 Å². The third-order valence-corrected chi connectivity index (χ3v) is 11.1. The fraction of sp³-hybridized carbons (Fsp3) is 0. The number of nitrogens with zero attached hydrogens (tertiary/aromatic N) is 4. The Balaban J connectivity index is 0.949. The van der Waals surface area contributed by atoms with Gasteiger partial charge in [0, 0.05) is 49.0 Å². The molecule has 266 valence electrons. The Labute approximate surface area is 325 Å². The highest BCUT2D eigenvalue weighted by molar-refractivity contribution is 6.11. The Bertz CT molecular complexity index is 3470. The quantitative estimate of drug-likeness (QED) is 0.176. The van der Waals surface area contributed by atoms with Crippen molar-refractivity contribution in [1.82, 2.24) is 19.5 Å². The first-order valence-electron chi connectivity index (χ1n) is 19.0. The topological polar surface area (TPSA) is 69.9 Å². The largest absolute Gasteiger partial charge is 0.456 e. The summed E-state index contributed by atoms with van der Waals surface area (Å²) in [4.78, 5) is 15.2. The Kier molecular flexibility index (Phi) is 6.83. The Hall–Kier alpha value is -7.83. The minimum atomic E-state index is 0.574. The van der Waals surface area contributed by atoms with Gasteiger partial charge in [0.15, 0.2) is 11.6 Å². The molecule has 12 rings (SSSR count). The lowest BCUT2D eigenvalue weighted by molar-refractivity contribution is 0.669. The maximum absolute atomic E-state index is 6.70. The molecule has 4 heterocycles. The zero-order chi connectivity index (χ0) is 37.5. The molecule has 0 aliphatic heterocycles. The van der Waals surface area contributed by atoms with Gasteiger partial charge in [-0.3, -0.25) is 4.57 Å². The molecule has 0 saturated carbocycles. The van der Waals surface area contributed by atoms with Gasteiger partial charge in [0.25, 0.3) is 0 Å². The molecular weight excluding hydrogens is 701 g/mol. The summed E-state index contributed by atoms with van der Waals surface area (Å²) in [6, 6.07) is 62.7. The van der Waals surface area contributed by atoms with Gasteiger partial charge in [0.2, 0.25) is 5.95 Å². The van der Waals surface area contributed by atoms with Crippen molar-refractivity contribution in [2.75, 3.05) is 0 Å². The maximum atomic E-state index is 6.70. The van der Waals surface area contributed by atoms with Crippen LogP contribution in [0.3, 0.4) is 0 Å². The van der Waals surface area contributed by atoms with Gasteiger partial charge < -0.3 is 8.83 Å². The van der Waals surface area contributed by atoms with Crippen LogP contribution in [-0.4, -0.2) is 19.5 Å². The van der Waals surface area contributed by atoms with Crippen LogP contribution in [-0.2, 0) is 0 Å². The number of fused-ring (bicyclic) bond motifs is 9. The molecule has 4 aromatic heterocycles. The lowest BCUT2D eigenvalue weighted by Crippen LogP contribution is -2.06. The first-order chi connectivity index (χ1) is 28.2. The van der Waals surface area contributed by atoms with Crippen LogP contribution < -0.4 is 0 Å². The minimum Gasteiger partial charge on any atom is -0.456 e. The van der Waals surface area contributed by atoms with E-state index in [2.05, 4.69) is 138 Å². The van der Waals surface area contributed by atoms with Crippen molar-refractivity contribution in [3.8, 4) is 51.0 Å². The van der Waals surface area contributed by atoms with Crippen LogP contribution >= 0.6 is 0 Å². The Morgan fingerprint density at radius 3 is 1.67 bits per heavy atom. The molecule has 0 spiro atoms. The van der Waals surface area contributed by atoms with Gasteiger partial charge in [-0.25, -0.2) is 4.98 Å². The molecule has 6 heteroatoms. The van der Waals surface area contributed by atoms with Crippen LogP contribution in [0.1, 0.15) is 0 Å². The molecule has 0 bridgehead atoms. The van der Waals surface area contributed by atoms with Gasteiger partial charge in [0.1, 0.15) is 22.3 Å². The second-order valence-electron chi connectivity index (χ2n) is 14.4. The van der Waals surface area contributed by atoms with Gasteiger partial charge in [-0.1, -0.05) is 140 Å². The number of rotatable bonds is 5. The molecular formula is C51H30N4O2. The van der Waals surface area contributed by atoms with E-state index in [0.717, 1.165) is 99.1 Å². The van der Waals surface area contributed by atoms with Crippen molar-refractivity contribution in [1.29, 1.82) is 0 Å². The maximum Gasteiger partial charge on any atom is 0.238 e. The Morgan fingerprint density at radius 1 is 0.333 bits per heavy atom. The number of benzene rings is 8. The molecule has 0 amide bonds. The fourth-order valence-corrected chi connectivity index (χ4v) is 8.36. The zero-order valence-electron chi connectivity index (χ0n) is 30.4. The molecule has 0 atom stereocenters. The lowest BCUT2D eigenvalue weighted by Gasteiger charge is -2.11. The van der Waals surface area contributed by atoms with E-state index in [1.165, 1.54) is 0 Å². The van der Waals surface area contributed by atoms with Crippen LogP contribution in [0.4, 0.5) is 0 Å². The molecule has 6 nitrogen and oxygen atoms in total. The van der Waals surface area contributed by atoms with Crippen molar-refractivity contribution in [2.45, 2.75) is 0 Å². The molecule has 0 unspecified atom stereocenters. The number of furan rings is 2. The average Bonchev–Trinajstić information content (AvgIpc) is 3.96. The standard InChI is InChI=1S/C51H30N4O2/c1-2-11-32(12-3-1)49-52-50(54-51(53-49)55-43-18-7-4-13-37(43)38-14-5-8-19-44(38)55)33-23-21-31(22-24-33)36-16-10-17-41-40-27-25-35(30-47(40)57-48(36)41)34-26-28-46-42(29-34)39-15-6-9-20-45(39)56-46/h1-30H. The Morgan fingerprint density at radius 2 is 0.895 bits per heavy atom. The molecule has 0 N–H and O–H groups in total. The summed E-state index contributed by atoms with van der Waals surface area (Å²) in [6.07, 6.45) is 0. The molecule has 8 aromatic carbocycles. The van der Waals surface area contributed by atoms with E-state index < -0.39 is 0 Å². The third-order valence-electron chi connectivity index (χ3n) is 11.1. The first-order valence-corrected chi connectivity index (χ1v) is 19.0. The summed E-state index contributed by atoms with van der Waals surface area (Å²) >= 11 is 0. The van der Waals surface area contributed by atoms with Gasteiger partial charge in [-0.15, -0.1) is 0 Å². The van der Waals surface area contributed by atoms with Crippen LogP contribution in [0.25, 0.3) is 117 Å². The zero-order valence-corrected chi connectivity index (χ0v) is 30.4. The van der Waals surface area contributed by atoms with Crippen molar-refractivity contribution < 1.29 is 8.83 Å². The second kappa shape index (κ2) is 12.3. The number of para-hydroxylation sites is 4. The van der Waals surface area contributed by atoms with Gasteiger partial charge >= 0.3 is 0 Å². The predicted molar refractivity (Wildman–Crippen MR) is 230 cm³/mol. The summed E-state index contributed by atoms with van der Waals surface area (Å²) in [7, 11) is 0. The number of aromatic nitrogens is 4. The highest BCUT2D eigenvalue weighted by atomic mass is 16.3. The van der Waals surface area contributed by atoms with Crippen LogP contribution in [0.2, 0.25) is 0 Å². The SMILES string of the molecule is c1ccc(-c2nc(-c3ccc(-c4cccc5c4oc4cc(-c6ccc7oc8ccccc8c7c6)ccc45)cc3)nc(-n3c4ccccc4c4ccccc43)n2)cc1. The van der Waals surface area contributed by atoms with Crippen molar-refractivity contribution in [3.05, 3.63) is 182 Å². The van der Waals surface area contributed by atoms with E-state index >= 15 is 0 Å². The van der Waals surface area contributed by atoms with Crippen LogP contribution in [0.5, 0.6) is 0 Å². The van der Waals surface area contributed by atoms with E-state index in [1.54, 1.807) is 0 Å². The molecule has 12 aromatic rings. The monoisotopic (exact) mass is 730 g/mol. The number of hydrogen-bond donors (Lipinski definition) is 0. The van der Waals surface area contributed by atoms with E-state index in [9.17, 15) is 0 Å². The van der Waals surface area contributed by atoms with Crippen molar-refractivity contribution in [3.63, 3.8) is 0 Å². The minimum absolute atomic E-state index is 0.574. The second-order valence-corrected chi connectivity index (χ2v) is 14.4. The number of hydrogen-bond acceptors (Lipinski definition) is 5. The molecule has 57 heavy (non-hydrogen) atoms. The van der Waals surface area contributed by atoms with E-state index in [1.807, 2.05) is 48.5 Å². The molecule has 0 aliphatic carbocycles. The summed E-state index contributed by atoms with van der Waals surface area (Å²) < 4.78 is 14.9. The van der Waals surface area contributed by atoms with E-state index in [-0.39, 0.29) is 0 Å². The lowest BCUT2D eigenvalue weighted by atomic mass is 9.99. The molecule has 0 fully saturated rings. The van der Waals surface area contributed by atoms with Crippen LogP contribution in [0, 0.1) is 0 Å². The third kappa shape index (κ3) is 5.01. The highest BCUT2D eigenvalue weighted by Gasteiger charge is 2.19. The molecule has 0 saturated heterocycles. The fourth-order valence-electron chi connectivity index (χ4n) is 8.36.